The smallest absolute Gasteiger partial charge is 0.178 e. The lowest BCUT2D eigenvalue weighted by atomic mass is 9.46. The van der Waals surface area contributed by atoms with Gasteiger partial charge in [-0.3, -0.25) is 14.5 Å². The molecule has 0 radical (unpaired) electrons. The van der Waals surface area contributed by atoms with Gasteiger partial charge in [-0.2, -0.15) is 0 Å². The normalized spacial score (nSPS) is 41.6. The minimum Gasteiger partial charge on any atom is -0.393 e. The number of rotatable bonds is 4. The molecule has 0 amide bonds. The lowest BCUT2D eigenvalue weighted by Crippen LogP contribution is -2.57. The number of Topliss-reactive ketones (excluding diaryl/α,β-unsaturated/α-hetero) is 1. The number of aliphatic hydroxyl groups is 1. The zero-order chi connectivity index (χ0) is 25.9. The van der Waals surface area contributed by atoms with Gasteiger partial charge in [-0.05, 0) is 73.1 Å². The number of pyridine rings is 1. The summed E-state index contributed by atoms with van der Waals surface area (Å²) in [7, 11) is 0. The maximum Gasteiger partial charge on any atom is 0.178 e. The van der Waals surface area contributed by atoms with Crippen LogP contribution in [0.4, 0.5) is 5.82 Å². The highest BCUT2D eigenvalue weighted by Gasteiger charge is 2.64. The van der Waals surface area contributed by atoms with Gasteiger partial charge in [0.15, 0.2) is 11.6 Å². The summed E-state index contributed by atoms with van der Waals surface area (Å²) in [5.41, 5.74) is 0.766. The van der Waals surface area contributed by atoms with Crippen molar-refractivity contribution in [1.82, 2.24) is 9.88 Å². The largest absolute Gasteiger partial charge is 0.393 e. The van der Waals surface area contributed by atoms with Crippen LogP contribution in [-0.4, -0.2) is 65.4 Å². The highest BCUT2D eigenvalue weighted by molar-refractivity contribution is 6.01. The topological polar surface area (TPSA) is 73.7 Å². The van der Waals surface area contributed by atoms with Crippen LogP contribution in [-0.2, 0) is 9.59 Å². The maximum absolute atomic E-state index is 13.9. The van der Waals surface area contributed by atoms with Gasteiger partial charge in [0.05, 0.1) is 12.6 Å². The molecule has 1 aromatic heterocycles. The van der Waals surface area contributed by atoms with E-state index in [0.717, 1.165) is 51.3 Å². The Morgan fingerprint density at radius 3 is 2.70 bits per heavy atom. The van der Waals surface area contributed by atoms with Crippen LogP contribution in [0.25, 0.3) is 0 Å². The van der Waals surface area contributed by atoms with Gasteiger partial charge in [0.1, 0.15) is 5.82 Å². The number of hydrogen-bond donors (Lipinski definition) is 1. The summed E-state index contributed by atoms with van der Waals surface area (Å²) in [6.07, 6.45) is 10.6. The number of allylic oxidation sites excluding steroid dienone is 4. The lowest BCUT2D eigenvalue weighted by Gasteiger charge is -2.58. The van der Waals surface area contributed by atoms with Gasteiger partial charge in [-0.1, -0.05) is 38.5 Å². The average molecular weight is 504 g/mol. The molecule has 37 heavy (non-hydrogen) atoms. The number of anilines is 1. The van der Waals surface area contributed by atoms with Gasteiger partial charge < -0.3 is 10.0 Å². The fourth-order valence-corrected chi connectivity index (χ4v) is 9.37. The van der Waals surface area contributed by atoms with E-state index >= 15 is 0 Å². The first-order valence-electron chi connectivity index (χ1n) is 14.2. The first-order chi connectivity index (χ1) is 17.7. The first-order valence-corrected chi connectivity index (χ1v) is 14.2. The number of nitrogens with zero attached hydrogens (tertiary/aromatic N) is 3. The van der Waals surface area contributed by atoms with Crippen molar-refractivity contribution in [2.24, 2.45) is 40.4 Å². The fraction of sp³-hybridized carbons (Fsp3) is 0.645. The third-order valence-corrected chi connectivity index (χ3v) is 10.9. The van der Waals surface area contributed by atoms with E-state index in [1.807, 2.05) is 24.4 Å². The number of carbonyl (C=O) groups is 2. The molecule has 5 aliphatic rings. The van der Waals surface area contributed by atoms with Crippen LogP contribution in [0.15, 0.2) is 48.2 Å². The van der Waals surface area contributed by atoms with Crippen LogP contribution >= 0.6 is 0 Å². The van der Waals surface area contributed by atoms with Crippen molar-refractivity contribution in [1.29, 1.82) is 0 Å². The minimum atomic E-state index is -0.458. The Morgan fingerprint density at radius 2 is 1.97 bits per heavy atom. The van der Waals surface area contributed by atoms with Crippen molar-refractivity contribution in [2.45, 2.75) is 52.6 Å². The molecule has 3 saturated carbocycles. The van der Waals surface area contributed by atoms with Crippen molar-refractivity contribution in [3.8, 4) is 0 Å². The van der Waals surface area contributed by atoms with Crippen LogP contribution in [0.3, 0.4) is 0 Å². The van der Waals surface area contributed by atoms with E-state index in [4.69, 9.17) is 0 Å². The summed E-state index contributed by atoms with van der Waals surface area (Å²) in [5.74, 6) is 2.71. The molecule has 0 aromatic carbocycles. The highest BCUT2D eigenvalue weighted by Crippen LogP contribution is 2.67. The molecule has 1 aromatic rings. The lowest BCUT2D eigenvalue weighted by molar-refractivity contribution is -0.141. The molecule has 6 heteroatoms. The van der Waals surface area contributed by atoms with E-state index in [1.54, 1.807) is 6.08 Å². The van der Waals surface area contributed by atoms with Gasteiger partial charge >= 0.3 is 0 Å². The highest BCUT2D eigenvalue weighted by atomic mass is 16.3. The number of ketones is 2. The summed E-state index contributed by atoms with van der Waals surface area (Å²) < 4.78 is 0. The molecule has 198 valence electrons. The van der Waals surface area contributed by atoms with Gasteiger partial charge in [0.2, 0.25) is 0 Å². The van der Waals surface area contributed by atoms with Crippen molar-refractivity contribution in [3.05, 3.63) is 48.2 Å². The van der Waals surface area contributed by atoms with Crippen molar-refractivity contribution < 1.29 is 14.7 Å². The Balaban J connectivity index is 1.17. The monoisotopic (exact) mass is 503 g/mol. The summed E-state index contributed by atoms with van der Waals surface area (Å²) in [6.45, 7) is 10.8. The number of aliphatic hydroxyl groups excluding tert-OH is 1. The predicted molar refractivity (Wildman–Crippen MR) is 144 cm³/mol. The standard InChI is InChI=1S/C31H41N3O3/c1-20-16-24-23-8-7-21-17-22(35)9-10-30(21,2)29(23)25(36)18-31(24,3)28(20)26(37)19-33-12-14-34(15-13-33)27-6-4-5-11-32-27/h4-6,9-11,17,20,23-25,28-29,36H,7-8,12-16,18-19H2,1-3H3/t20-,23+,24+,25-,28-,29-,30+,31+/m1/s1. The molecule has 1 N–H and O–H groups in total. The zero-order valence-electron chi connectivity index (χ0n) is 22.5. The zero-order valence-corrected chi connectivity index (χ0v) is 22.5. The third-order valence-electron chi connectivity index (χ3n) is 10.9. The van der Waals surface area contributed by atoms with Gasteiger partial charge in [0, 0.05) is 49.6 Å². The molecule has 4 fully saturated rings. The van der Waals surface area contributed by atoms with Crippen LogP contribution < -0.4 is 4.90 Å². The number of carbonyl (C=O) groups excluding carboxylic acids is 2. The Morgan fingerprint density at radius 1 is 1.19 bits per heavy atom. The molecular formula is C31H41N3O3. The van der Waals surface area contributed by atoms with E-state index in [-0.39, 0.29) is 28.4 Å². The molecule has 6 rings (SSSR count). The molecule has 0 spiro atoms. The van der Waals surface area contributed by atoms with E-state index in [0.29, 0.717) is 36.5 Å². The summed E-state index contributed by atoms with van der Waals surface area (Å²) >= 11 is 0. The van der Waals surface area contributed by atoms with Crippen molar-refractivity contribution in [3.63, 3.8) is 0 Å². The second-order valence-electron chi connectivity index (χ2n) is 12.9. The Labute approximate surface area is 220 Å². The van der Waals surface area contributed by atoms with Gasteiger partial charge in [0.25, 0.3) is 0 Å². The molecule has 0 bridgehead atoms. The van der Waals surface area contributed by atoms with E-state index in [2.05, 4.69) is 47.7 Å². The second-order valence-corrected chi connectivity index (χ2v) is 12.9. The van der Waals surface area contributed by atoms with Crippen molar-refractivity contribution in [2.75, 3.05) is 37.6 Å². The third kappa shape index (κ3) is 4.02. The quantitative estimate of drug-likeness (QED) is 0.672. The number of fused-ring (bicyclic) bond motifs is 5. The molecule has 1 aliphatic heterocycles. The molecular weight excluding hydrogens is 462 g/mol. The Kier molecular flexibility index (Phi) is 6.19. The average Bonchev–Trinajstić information content (AvgIpc) is 3.14. The van der Waals surface area contributed by atoms with Crippen LogP contribution in [0.5, 0.6) is 0 Å². The van der Waals surface area contributed by atoms with Crippen molar-refractivity contribution >= 4 is 17.4 Å². The van der Waals surface area contributed by atoms with Gasteiger partial charge in [-0.15, -0.1) is 0 Å². The maximum atomic E-state index is 13.9. The van der Waals surface area contributed by atoms with E-state index in [9.17, 15) is 14.7 Å². The Hall–Kier alpha value is -2.31. The van der Waals surface area contributed by atoms with E-state index < -0.39 is 6.10 Å². The summed E-state index contributed by atoms with van der Waals surface area (Å²) in [4.78, 5) is 35.1. The SMILES string of the molecule is C[C@@H]1C[C@H]2[C@@H]3CCC4=CC(=O)C=C[C@]4(C)[C@H]3[C@H](O)C[C@]2(C)[C@H]1C(=O)CN1CCN(c2ccccn2)CC1. The van der Waals surface area contributed by atoms with Crippen LogP contribution in [0.1, 0.15) is 46.5 Å². The predicted octanol–water partition coefficient (Wildman–Crippen LogP) is 3.91. The number of piperazine rings is 1. The molecule has 8 atom stereocenters. The fourth-order valence-electron chi connectivity index (χ4n) is 9.37. The van der Waals surface area contributed by atoms with E-state index in [1.165, 1.54) is 5.57 Å². The first kappa shape index (κ1) is 25.0. The van der Waals surface area contributed by atoms with Crippen LogP contribution in [0.2, 0.25) is 0 Å². The second kappa shape index (κ2) is 9.16. The molecule has 1 saturated heterocycles. The number of hydrogen-bond acceptors (Lipinski definition) is 6. The molecule has 0 unspecified atom stereocenters. The molecule has 6 nitrogen and oxygen atoms in total. The summed E-state index contributed by atoms with van der Waals surface area (Å²) in [6, 6.07) is 6.01. The molecule has 4 aliphatic carbocycles. The summed E-state index contributed by atoms with van der Waals surface area (Å²) in [5, 5.41) is 11.7. The van der Waals surface area contributed by atoms with Crippen LogP contribution in [0, 0.1) is 40.4 Å². The minimum absolute atomic E-state index is 0.00450. The molecule has 2 heterocycles. The number of aromatic nitrogens is 1. The van der Waals surface area contributed by atoms with Gasteiger partial charge in [-0.25, -0.2) is 4.98 Å². The Bertz CT molecular complexity index is 1120.